The number of carbonyl (C=O) groups excluding carboxylic acids is 3. The first-order chi connectivity index (χ1) is 7.66. The smallest absolute Gasteiger partial charge is 0.252 e. The van der Waals surface area contributed by atoms with Gasteiger partial charge in [-0.3, -0.25) is 19.7 Å². The van der Waals surface area contributed by atoms with Gasteiger partial charge in [0.15, 0.2) is 0 Å². The maximum absolute atomic E-state index is 11.9. The Morgan fingerprint density at radius 2 is 1.94 bits per heavy atom. The largest absolute Gasteiger partial charge is 0.368 e. The third-order valence-corrected chi connectivity index (χ3v) is 2.71. The van der Waals surface area contributed by atoms with Crippen LogP contribution >= 0.6 is 0 Å². The Hall–Kier alpha value is -1.43. The van der Waals surface area contributed by atoms with E-state index in [1.165, 1.54) is 4.90 Å². The normalized spacial score (nSPS) is 26.5. The molecule has 2 rings (SSSR count). The van der Waals surface area contributed by atoms with Gasteiger partial charge in [-0.1, -0.05) is 0 Å². The third-order valence-electron chi connectivity index (χ3n) is 2.71. The number of ether oxygens (including phenoxy) is 1. The van der Waals surface area contributed by atoms with Crippen molar-refractivity contribution >= 4 is 17.7 Å². The molecule has 0 radical (unpaired) electrons. The molecule has 1 atom stereocenters. The lowest BCUT2D eigenvalue weighted by Crippen LogP contribution is -2.56. The van der Waals surface area contributed by atoms with E-state index in [1.807, 2.05) is 0 Å². The number of rotatable bonds is 1. The van der Waals surface area contributed by atoms with E-state index < -0.39 is 17.9 Å². The summed E-state index contributed by atoms with van der Waals surface area (Å²) in [5.74, 6) is -1.11. The summed E-state index contributed by atoms with van der Waals surface area (Å²) in [7, 11) is 0. The highest BCUT2D eigenvalue weighted by Crippen LogP contribution is 2.15. The highest BCUT2D eigenvalue weighted by molar-refractivity contribution is 6.02. The molecule has 1 N–H and O–H groups in total. The summed E-state index contributed by atoms with van der Waals surface area (Å²) in [5.41, 5.74) is 0. The van der Waals surface area contributed by atoms with E-state index in [2.05, 4.69) is 5.32 Å². The van der Waals surface area contributed by atoms with Crippen molar-refractivity contribution in [2.24, 2.45) is 0 Å². The van der Waals surface area contributed by atoms with Crippen molar-refractivity contribution in [1.82, 2.24) is 10.2 Å². The number of nitrogens with zero attached hydrogens (tertiary/aromatic N) is 1. The van der Waals surface area contributed by atoms with Crippen LogP contribution in [-0.2, 0) is 19.1 Å². The maximum atomic E-state index is 11.9. The highest BCUT2D eigenvalue weighted by Gasteiger charge is 2.32. The Kier molecular flexibility index (Phi) is 3.19. The lowest BCUT2D eigenvalue weighted by Gasteiger charge is -2.30. The standard InChI is InChI=1S/C10H14N2O4/c13-8-5-12(6-9(14)11-8)10(15)7-3-1-2-4-16-7/h7H,1-6H2,(H,11,13,14). The Labute approximate surface area is 92.9 Å². The summed E-state index contributed by atoms with van der Waals surface area (Å²) in [4.78, 5) is 35.4. The molecule has 0 aromatic heterocycles. The maximum Gasteiger partial charge on any atom is 0.252 e. The molecule has 16 heavy (non-hydrogen) atoms. The summed E-state index contributed by atoms with van der Waals surface area (Å²) in [6.07, 6.45) is 2.10. The van der Waals surface area contributed by atoms with Crippen LogP contribution < -0.4 is 5.32 Å². The van der Waals surface area contributed by atoms with Crippen molar-refractivity contribution in [2.45, 2.75) is 25.4 Å². The Morgan fingerprint density at radius 1 is 1.25 bits per heavy atom. The molecule has 2 saturated heterocycles. The van der Waals surface area contributed by atoms with E-state index in [0.29, 0.717) is 13.0 Å². The number of piperazine rings is 1. The van der Waals surface area contributed by atoms with Gasteiger partial charge in [-0.2, -0.15) is 0 Å². The van der Waals surface area contributed by atoms with E-state index in [-0.39, 0.29) is 19.0 Å². The molecule has 3 amide bonds. The predicted molar refractivity (Wildman–Crippen MR) is 53.3 cm³/mol. The molecule has 6 heteroatoms. The number of nitrogens with one attached hydrogen (secondary N) is 1. The second-order valence-electron chi connectivity index (χ2n) is 4.02. The van der Waals surface area contributed by atoms with Crippen LogP contribution in [0.1, 0.15) is 19.3 Å². The molecule has 0 aromatic rings. The van der Waals surface area contributed by atoms with Crippen molar-refractivity contribution in [3.8, 4) is 0 Å². The molecule has 2 fully saturated rings. The van der Waals surface area contributed by atoms with Crippen molar-refractivity contribution in [2.75, 3.05) is 19.7 Å². The van der Waals surface area contributed by atoms with Crippen LogP contribution in [0.4, 0.5) is 0 Å². The fourth-order valence-electron chi connectivity index (χ4n) is 1.93. The van der Waals surface area contributed by atoms with E-state index in [1.54, 1.807) is 0 Å². The van der Waals surface area contributed by atoms with E-state index >= 15 is 0 Å². The van der Waals surface area contributed by atoms with Crippen LogP contribution in [0.2, 0.25) is 0 Å². The molecule has 2 heterocycles. The molecule has 2 aliphatic rings. The van der Waals surface area contributed by atoms with Crippen LogP contribution in [-0.4, -0.2) is 48.4 Å². The summed E-state index contributed by atoms with van der Waals surface area (Å²) >= 11 is 0. The minimum absolute atomic E-state index is 0.0512. The molecule has 2 aliphatic heterocycles. The minimum Gasteiger partial charge on any atom is -0.368 e. The summed E-state index contributed by atoms with van der Waals surface area (Å²) < 4.78 is 5.33. The highest BCUT2D eigenvalue weighted by atomic mass is 16.5. The second-order valence-corrected chi connectivity index (χ2v) is 4.02. The molecule has 0 aliphatic carbocycles. The first-order valence-electron chi connectivity index (χ1n) is 5.40. The molecular formula is C10H14N2O4. The van der Waals surface area contributed by atoms with E-state index in [0.717, 1.165) is 12.8 Å². The monoisotopic (exact) mass is 226 g/mol. The van der Waals surface area contributed by atoms with Gasteiger partial charge in [-0.05, 0) is 19.3 Å². The van der Waals surface area contributed by atoms with Gasteiger partial charge in [-0.25, -0.2) is 0 Å². The van der Waals surface area contributed by atoms with Crippen molar-refractivity contribution < 1.29 is 19.1 Å². The van der Waals surface area contributed by atoms with Crippen molar-refractivity contribution in [3.05, 3.63) is 0 Å². The van der Waals surface area contributed by atoms with Gasteiger partial charge in [0, 0.05) is 6.61 Å². The Balaban J connectivity index is 1.97. The van der Waals surface area contributed by atoms with Crippen LogP contribution in [0.3, 0.4) is 0 Å². The van der Waals surface area contributed by atoms with Crippen LogP contribution in [0.25, 0.3) is 0 Å². The number of amides is 3. The molecule has 0 saturated carbocycles. The molecular weight excluding hydrogens is 212 g/mol. The summed E-state index contributed by atoms with van der Waals surface area (Å²) in [5, 5.41) is 2.15. The fraction of sp³-hybridized carbons (Fsp3) is 0.700. The average Bonchev–Trinajstić information content (AvgIpc) is 2.28. The number of hydrogen-bond donors (Lipinski definition) is 1. The van der Waals surface area contributed by atoms with Gasteiger partial charge in [-0.15, -0.1) is 0 Å². The first kappa shape index (κ1) is 11.1. The van der Waals surface area contributed by atoms with Gasteiger partial charge in [0.05, 0.1) is 0 Å². The number of imide groups is 1. The van der Waals surface area contributed by atoms with Crippen LogP contribution in [0.5, 0.6) is 0 Å². The second kappa shape index (κ2) is 4.61. The third kappa shape index (κ3) is 2.38. The van der Waals surface area contributed by atoms with Crippen molar-refractivity contribution in [3.63, 3.8) is 0 Å². The van der Waals surface area contributed by atoms with Gasteiger partial charge in [0.25, 0.3) is 5.91 Å². The van der Waals surface area contributed by atoms with Gasteiger partial charge < -0.3 is 9.64 Å². The summed E-state index contributed by atoms with van der Waals surface area (Å²) in [6, 6.07) is 0. The summed E-state index contributed by atoms with van der Waals surface area (Å²) in [6.45, 7) is 0.471. The Morgan fingerprint density at radius 3 is 2.50 bits per heavy atom. The number of carbonyl (C=O) groups is 3. The zero-order valence-corrected chi connectivity index (χ0v) is 8.90. The molecule has 88 valence electrons. The molecule has 6 nitrogen and oxygen atoms in total. The Bertz CT molecular complexity index is 307. The van der Waals surface area contributed by atoms with E-state index in [9.17, 15) is 14.4 Å². The predicted octanol–water partition coefficient (Wildman–Crippen LogP) is -0.959. The molecule has 0 spiro atoms. The lowest BCUT2D eigenvalue weighted by atomic mass is 10.1. The minimum atomic E-state index is -0.479. The van der Waals surface area contributed by atoms with Gasteiger partial charge >= 0.3 is 0 Å². The first-order valence-corrected chi connectivity index (χ1v) is 5.40. The lowest BCUT2D eigenvalue weighted by molar-refractivity contribution is -0.154. The molecule has 1 unspecified atom stereocenters. The van der Waals surface area contributed by atoms with E-state index in [4.69, 9.17) is 4.74 Å². The molecule has 0 aromatic carbocycles. The SMILES string of the molecule is O=C1CN(C(=O)C2CCCCO2)CC(=O)N1. The zero-order chi connectivity index (χ0) is 11.5. The topological polar surface area (TPSA) is 75.7 Å². The fourth-order valence-corrected chi connectivity index (χ4v) is 1.93. The van der Waals surface area contributed by atoms with Gasteiger partial charge in [0.1, 0.15) is 19.2 Å². The zero-order valence-electron chi connectivity index (χ0n) is 8.90. The number of hydrogen-bond acceptors (Lipinski definition) is 4. The quantitative estimate of drug-likeness (QED) is 0.584. The average molecular weight is 226 g/mol. The van der Waals surface area contributed by atoms with Crippen molar-refractivity contribution in [1.29, 1.82) is 0 Å². The van der Waals surface area contributed by atoms with Crippen LogP contribution in [0.15, 0.2) is 0 Å². The van der Waals surface area contributed by atoms with Crippen LogP contribution in [0, 0.1) is 0 Å². The van der Waals surface area contributed by atoms with Gasteiger partial charge in [0.2, 0.25) is 11.8 Å². The molecule has 0 bridgehead atoms.